The lowest BCUT2D eigenvalue weighted by atomic mass is 9.74. The maximum absolute atomic E-state index is 13.9. The van der Waals surface area contributed by atoms with Gasteiger partial charge in [0.25, 0.3) is 0 Å². The average Bonchev–Trinajstić information content (AvgIpc) is 3.37. The van der Waals surface area contributed by atoms with Crippen molar-refractivity contribution in [2.45, 2.75) is 55.9 Å². The van der Waals surface area contributed by atoms with E-state index in [0.717, 1.165) is 5.56 Å². The van der Waals surface area contributed by atoms with E-state index in [1.165, 1.54) is 11.8 Å². The van der Waals surface area contributed by atoms with E-state index in [1.807, 2.05) is 6.07 Å². The molecule has 0 radical (unpaired) electrons. The van der Waals surface area contributed by atoms with E-state index in [-0.39, 0.29) is 56.8 Å². The number of nitrogens with one attached hydrogen (secondary N) is 2. The molecule has 1 spiro atoms. The van der Waals surface area contributed by atoms with E-state index >= 15 is 0 Å². The van der Waals surface area contributed by atoms with Crippen molar-refractivity contribution in [2.75, 3.05) is 19.8 Å². The van der Waals surface area contributed by atoms with E-state index in [4.69, 9.17) is 9.47 Å². The van der Waals surface area contributed by atoms with Crippen LogP contribution in [-0.4, -0.2) is 42.3 Å². The molecule has 0 aliphatic carbocycles. The Bertz CT molecular complexity index is 1490. The number of carbonyl (C=O) groups excluding carboxylic acids is 2. The Morgan fingerprint density at radius 3 is 2.07 bits per heavy atom. The molecule has 2 heterocycles. The second-order valence-corrected chi connectivity index (χ2v) is 11.3. The summed E-state index contributed by atoms with van der Waals surface area (Å²) in [6.45, 7) is 1.03. The third kappa shape index (κ3) is 6.79. The maximum Gasteiger partial charge on any atom is 0.416 e. The molecule has 2 fully saturated rings. The van der Waals surface area contributed by atoms with Gasteiger partial charge < -0.3 is 14.8 Å². The Morgan fingerprint density at radius 1 is 0.911 bits per heavy atom. The molecule has 1 unspecified atom stereocenters. The number of piperidine rings is 1. The fourth-order valence-electron chi connectivity index (χ4n) is 5.82. The Morgan fingerprint density at radius 2 is 1.51 bits per heavy atom. The van der Waals surface area contributed by atoms with Crippen molar-refractivity contribution in [3.8, 4) is 0 Å². The third-order valence-corrected chi connectivity index (χ3v) is 8.41. The number of hydrogen-bond acceptors (Lipinski definition) is 5. The van der Waals surface area contributed by atoms with Crippen molar-refractivity contribution in [1.29, 1.82) is 0 Å². The molecule has 3 atom stereocenters. The molecule has 0 aromatic heterocycles. The van der Waals surface area contributed by atoms with E-state index in [0.29, 0.717) is 17.7 Å². The van der Waals surface area contributed by atoms with Crippen molar-refractivity contribution < 1.29 is 45.4 Å². The van der Waals surface area contributed by atoms with Crippen LogP contribution in [0.4, 0.5) is 31.1 Å². The molecule has 45 heavy (non-hydrogen) atoms. The maximum atomic E-state index is 13.9. The highest BCUT2D eigenvalue weighted by Gasteiger charge is 2.56. The molecule has 2 amide bonds. The van der Waals surface area contributed by atoms with Gasteiger partial charge in [-0.05, 0) is 54.7 Å². The average molecular weight is 636 g/mol. The highest BCUT2D eigenvalue weighted by molar-refractivity contribution is 5.89. The molecule has 13 heteroatoms. The molecule has 0 saturated carbocycles. The predicted octanol–water partition coefficient (Wildman–Crippen LogP) is 6.55. The minimum atomic E-state index is -5.02. The number of nitrogens with zero attached hydrogens (tertiary/aromatic N) is 1. The van der Waals surface area contributed by atoms with Gasteiger partial charge in [-0.3, -0.25) is 15.0 Å². The normalized spacial score (nSPS) is 22.7. The second kappa shape index (κ2) is 12.4. The first kappa shape index (κ1) is 32.3. The molecule has 2 aliphatic rings. The zero-order chi connectivity index (χ0) is 32.5. The summed E-state index contributed by atoms with van der Waals surface area (Å²) in [6, 6.07) is 19.0. The van der Waals surface area contributed by atoms with Crippen LogP contribution in [0.15, 0.2) is 78.9 Å². The van der Waals surface area contributed by atoms with Crippen LogP contribution in [0.2, 0.25) is 0 Å². The molecule has 0 bridgehead atoms. The summed E-state index contributed by atoms with van der Waals surface area (Å²) < 4.78 is 93.2. The first-order chi connectivity index (χ1) is 21.2. The zero-order valence-electron chi connectivity index (χ0n) is 24.2. The Kier molecular flexibility index (Phi) is 8.87. The lowest BCUT2D eigenvalue weighted by Crippen LogP contribution is -2.67. The zero-order valence-corrected chi connectivity index (χ0v) is 24.2. The van der Waals surface area contributed by atoms with E-state index in [1.54, 1.807) is 54.6 Å². The minimum absolute atomic E-state index is 0.0619. The van der Waals surface area contributed by atoms with Crippen LogP contribution in [0.3, 0.4) is 0 Å². The van der Waals surface area contributed by atoms with E-state index in [9.17, 15) is 35.9 Å². The molecule has 240 valence electrons. The number of hydrogen-bond donors (Lipinski definition) is 2. The van der Waals surface area contributed by atoms with Gasteiger partial charge in [-0.25, -0.2) is 4.79 Å². The number of benzene rings is 3. The molecular formula is C32H31F6N3O4. The smallest absolute Gasteiger partial charge is 0.416 e. The third-order valence-electron chi connectivity index (χ3n) is 8.41. The van der Waals surface area contributed by atoms with Crippen LogP contribution in [-0.2, 0) is 38.8 Å². The second-order valence-electron chi connectivity index (χ2n) is 11.3. The summed E-state index contributed by atoms with van der Waals surface area (Å²) in [7, 11) is 0. The van der Waals surface area contributed by atoms with Gasteiger partial charge in [0.1, 0.15) is 12.1 Å². The van der Waals surface area contributed by atoms with Crippen molar-refractivity contribution in [2.24, 2.45) is 0 Å². The number of halogens is 6. The number of ether oxygens (including phenoxy) is 2. The predicted molar refractivity (Wildman–Crippen MR) is 150 cm³/mol. The summed E-state index contributed by atoms with van der Waals surface area (Å²) in [5.74, 6) is -0.303. The van der Waals surface area contributed by atoms with Gasteiger partial charge >= 0.3 is 18.4 Å². The molecule has 7 nitrogen and oxygen atoms in total. The van der Waals surface area contributed by atoms with Crippen molar-refractivity contribution >= 4 is 12.0 Å². The highest BCUT2D eigenvalue weighted by atomic mass is 19.4. The van der Waals surface area contributed by atoms with Crippen LogP contribution in [0.1, 0.15) is 53.7 Å². The number of carbonyl (C=O) groups is 2. The van der Waals surface area contributed by atoms with E-state index in [2.05, 4.69) is 10.6 Å². The van der Waals surface area contributed by atoms with Crippen molar-refractivity contribution in [1.82, 2.24) is 15.5 Å². The Labute approximate surface area is 255 Å². The summed E-state index contributed by atoms with van der Waals surface area (Å²) in [6.07, 6.45) is -11.6. The van der Waals surface area contributed by atoms with Gasteiger partial charge in [0, 0.05) is 0 Å². The molecule has 2 aliphatic heterocycles. The first-order valence-electron chi connectivity index (χ1n) is 14.2. The van der Waals surface area contributed by atoms with Crippen LogP contribution in [0.5, 0.6) is 0 Å². The summed E-state index contributed by atoms with van der Waals surface area (Å²) in [5.41, 5.74) is -4.33. The fraction of sp³-hybridized carbons (Fsp3) is 0.375. The number of likely N-dealkylation sites (tertiary alicyclic amines) is 1. The monoisotopic (exact) mass is 635 g/mol. The fourth-order valence-corrected chi connectivity index (χ4v) is 5.82. The topological polar surface area (TPSA) is 79.9 Å². The minimum Gasteiger partial charge on any atom is -0.445 e. The van der Waals surface area contributed by atoms with Gasteiger partial charge in [0.2, 0.25) is 5.91 Å². The van der Waals surface area contributed by atoms with Crippen LogP contribution in [0, 0.1) is 0 Å². The summed E-state index contributed by atoms with van der Waals surface area (Å²) >= 11 is 0. The number of alkyl halides is 6. The largest absolute Gasteiger partial charge is 0.445 e. The van der Waals surface area contributed by atoms with Crippen molar-refractivity contribution in [3.63, 3.8) is 0 Å². The standard InChI is InChI=1S/C32H31F6N3O4/c1-21(23-14-25(31(33,34)35)16-26(15-23)32(36,37)38)45-19-30(24-10-6-3-7-11-24)13-12-29(27(42)39-20-40-29)18-41(30)28(43)44-17-22-8-4-2-5-9-22/h2-11,14-16,21,40H,12-13,17-20H2,1H3,(H,39,42)/t21-,29?,30-/m1/s1. The number of rotatable bonds is 7. The molecule has 2 N–H and O–H groups in total. The first-order valence-corrected chi connectivity index (χ1v) is 14.2. The van der Waals surface area contributed by atoms with Gasteiger partial charge in [0.15, 0.2) is 0 Å². The van der Waals surface area contributed by atoms with E-state index < -0.39 is 46.8 Å². The summed E-state index contributed by atoms with van der Waals surface area (Å²) in [5, 5.41) is 5.86. The van der Waals surface area contributed by atoms with Gasteiger partial charge in [-0.1, -0.05) is 60.7 Å². The molecule has 2 saturated heterocycles. The molecular weight excluding hydrogens is 604 g/mol. The van der Waals surface area contributed by atoms with Crippen LogP contribution >= 0.6 is 0 Å². The Hall–Kier alpha value is -4.10. The lowest BCUT2D eigenvalue weighted by molar-refractivity contribution is -0.143. The Balaban J connectivity index is 1.50. The van der Waals surface area contributed by atoms with Gasteiger partial charge in [-0.15, -0.1) is 0 Å². The molecule has 5 rings (SSSR count). The van der Waals surface area contributed by atoms with Gasteiger partial charge in [-0.2, -0.15) is 26.3 Å². The SMILES string of the molecule is C[C@@H](OC[C@@]1(c2ccccc2)CCC2(CN1C(=O)OCc1ccccc1)NCNC2=O)c1cc(C(F)(F)F)cc(C(F)(F)F)c1. The lowest BCUT2D eigenvalue weighted by Gasteiger charge is -2.51. The van der Waals surface area contributed by atoms with Gasteiger partial charge in [0.05, 0.1) is 42.6 Å². The highest BCUT2D eigenvalue weighted by Crippen LogP contribution is 2.44. The number of amides is 2. The summed E-state index contributed by atoms with van der Waals surface area (Å²) in [4.78, 5) is 28.2. The van der Waals surface area contributed by atoms with Crippen molar-refractivity contribution in [3.05, 3.63) is 107 Å². The molecule has 3 aromatic carbocycles. The van der Waals surface area contributed by atoms with Crippen LogP contribution in [0.25, 0.3) is 0 Å². The quantitative estimate of drug-likeness (QED) is 0.288. The molecule has 3 aromatic rings. The van der Waals surface area contributed by atoms with Crippen LogP contribution < -0.4 is 10.6 Å².